The van der Waals surface area contributed by atoms with E-state index in [9.17, 15) is 14.4 Å². The van der Waals surface area contributed by atoms with Crippen LogP contribution in [0.1, 0.15) is 36.6 Å². The van der Waals surface area contributed by atoms with Gasteiger partial charge in [0.1, 0.15) is 5.75 Å². The highest BCUT2D eigenvalue weighted by atomic mass is 16.5. The van der Waals surface area contributed by atoms with Gasteiger partial charge in [-0.1, -0.05) is 18.2 Å². The first-order valence-corrected chi connectivity index (χ1v) is 10.6. The van der Waals surface area contributed by atoms with Gasteiger partial charge in [-0.25, -0.2) is 0 Å². The summed E-state index contributed by atoms with van der Waals surface area (Å²) in [6, 6.07) is 17.0. The average Bonchev–Trinajstić information content (AvgIpc) is 3.11. The van der Waals surface area contributed by atoms with Gasteiger partial charge in [0.15, 0.2) is 11.5 Å². The van der Waals surface area contributed by atoms with Gasteiger partial charge < -0.3 is 19.5 Å². The number of para-hydroxylation sites is 2. The van der Waals surface area contributed by atoms with E-state index in [1.54, 1.807) is 44.6 Å². The number of nitrogens with zero attached hydrogens (tertiary/aromatic N) is 1. The summed E-state index contributed by atoms with van der Waals surface area (Å²) in [6.45, 7) is 0.199. The number of amides is 3. The van der Waals surface area contributed by atoms with Gasteiger partial charge in [0, 0.05) is 12.1 Å². The largest absolute Gasteiger partial charge is 0.495 e. The van der Waals surface area contributed by atoms with E-state index in [-0.39, 0.29) is 29.1 Å². The van der Waals surface area contributed by atoms with Gasteiger partial charge in [0.25, 0.3) is 17.7 Å². The van der Waals surface area contributed by atoms with Gasteiger partial charge in [-0.3, -0.25) is 19.3 Å². The van der Waals surface area contributed by atoms with Crippen LogP contribution >= 0.6 is 0 Å². The second kappa shape index (κ2) is 9.66. The smallest absolute Gasteiger partial charge is 0.261 e. The first kappa shape index (κ1) is 22.8. The molecule has 8 nitrogen and oxygen atoms in total. The van der Waals surface area contributed by atoms with Crippen molar-refractivity contribution < 1.29 is 28.6 Å². The number of hydrogen-bond donors (Lipinski definition) is 1. The van der Waals surface area contributed by atoms with Crippen LogP contribution < -0.4 is 19.5 Å². The van der Waals surface area contributed by atoms with Crippen LogP contribution in [-0.2, 0) is 6.42 Å². The molecule has 0 radical (unpaired) electrons. The third kappa shape index (κ3) is 4.30. The van der Waals surface area contributed by atoms with Crippen molar-refractivity contribution in [3.05, 3.63) is 82.9 Å². The molecule has 1 heterocycles. The summed E-state index contributed by atoms with van der Waals surface area (Å²) in [4.78, 5) is 39.8. The van der Waals surface area contributed by atoms with Crippen molar-refractivity contribution in [2.75, 3.05) is 33.2 Å². The molecule has 0 saturated carbocycles. The summed E-state index contributed by atoms with van der Waals surface area (Å²) in [5.74, 6) is 0.490. The molecule has 3 amide bonds. The summed E-state index contributed by atoms with van der Waals surface area (Å²) in [5, 5.41) is 2.78. The summed E-state index contributed by atoms with van der Waals surface area (Å²) in [7, 11) is 4.62. The van der Waals surface area contributed by atoms with E-state index in [1.165, 1.54) is 30.2 Å². The predicted octanol–water partition coefficient (Wildman–Crippen LogP) is 3.80. The number of carbonyl (C=O) groups is 3. The second-order valence-electron chi connectivity index (χ2n) is 7.62. The van der Waals surface area contributed by atoms with E-state index in [4.69, 9.17) is 14.2 Å². The molecule has 3 aromatic carbocycles. The quantitative estimate of drug-likeness (QED) is 0.514. The van der Waals surface area contributed by atoms with Crippen molar-refractivity contribution in [1.29, 1.82) is 0 Å². The molecule has 1 N–H and O–H groups in total. The summed E-state index contributed by atoms with van der Waals surface area (Å²) in [6.07, 6.45) is 0.451. The van der Waals surface area contributed by atoms with Gasteiger partial charge in [0.05, 0.1) is 38.1 Å². The number of fused-ring (bicyclic) bond motifs is 1. The van der Waals surface area contributed by atoms with Gasteiger partial charge in [0.2, 0.25) is 0 Å². The number of anilines is 1. The average molecular weight is 460 g/mol. The fourth-order valence-electron chi connectivity index (χ4n) is 3.85. The highest BCUT2D eigenvalue weighted by molar-refractivity contribution is 6.22. The zero-order chi connectivity index (χ0) is 24.2. The normalized spacial score (nSPS) is 12.4. The Hall–Kier alpha value is -4.33. The molecule has 0 saturated heterocycles. The van der Waals surface area contributed by atoms with Crippen LogP contribution in [-0.4, -0.2) is 50.5 Å². The lowest BCUT2D eigenvalue weighted by Crippen LogP contribution is -2.31. The third-order valence-corrected chi connectivity index (χ3v) is 5.66. The first-order valence-electron chi connectivity index (χ1n) is 10.6. The minimum atomic E-state index is -0.424. The summed E-state index contributed by atoms with van der Waals surface area (Å²) < 4.78 is 15.8. The molecular weight excluding hydrogens is 436 g/mol. The summed E-state index contributed by atoms with van der Waals surface area (Å²) in [5.41, 5.74) is 2.17. The number of imide groups is 1. The van der Waals surface area contributed by atoms with E-state index < -0.39 is 11.8 Å². The maximum Gasteiger partial charge on any atom is 0.261 e. The van der Waals surface area contributed by atoms with Crippen molar-refractivity contribution in [3.8, 4) is 17.2 Å². The molecule has 3 aromatic rings. The topological polar surface area (TPSA) is 94.2 Å². The number of hydrogen-bond acceptors (Lipinski definition) is 6. The fourth-order valence-corrected chi connectivity index (χ4v) is 3.85. The molecule has 0 atom stereocenters. The van der Waals surface area contributed by atoms with Crippen LogP contribution in [0.25, 0.3) is 0 Å². The SMILES string of the molecule is COc1ccccc1NC(=O)c1ccc2c(c1)C(=O)N(CCc1ccc(OC)c(OC)c1)C2=O. The van der Waals surface area contributed by atoms with Crippen molar-refractivity contribution in [1.82, 2.24) is 4.90 Å². The Balaban J connectivity index is 1.49. The molecule has 1 aliphatic heterocycles. The van der Waals surface area contributed by atoms with E-state index in [0.29, 0.717) is 29.4 Å². The molecule has 0 aliphatic carbocycles. The number of ether oxygens (including phenoxy) is 3. The van der Waals surface area contributed by atoms with Gasteiger partial charge >= 0.3 is 0 Å². The zero-order valence-corrected chi connectivity index (χ0v) is 19.1. The second-order valence-corrected chi connectivity index (χ2v) is 7.62. The minimum absolute atomic E-state index is 0.199. The number of rotatable bonds is 8. The lowest BCUT2D eigenvalue weighted by molar-refractivity contribution is 0.0656. The standard InChI is InChI=1S/C26H24N2O6/c1-32-21-7-5-4-6-20(21)27-24(29)17-9-10-18-19(15-17)26(31)28(25(18)30)13-12-16-8-11-22(33-2)23(14-16)34-3/h4-11,14-15H,12-13H2,1-3H3,(H,27,29). The third-order valence-electron chi connectivity index (χ3n) is 5.66. The van der Waals surface area contributed by atoms with Gasteiger partial charge in [-0.2, -0.15) is 0 Å². The molecule has 0 spiro atoms. The molecule has 0 bridgehead atoms. The maximum absolute atomic E-state index is 13.0. The molecule has 1 aliphatic rings. The van der Waals surface area contributed by atoms with Crippen LogP contribution in [0.3, 0.4) is 0 Å². The molecule has 8 heteroatoms. The van der Waals surface area contributed by atoms with Gasteiger partial charge in [-0.05, 0) is 54.4 Å². The monoisotopic (exact) mass is 460 g/mol. The summed E-state index contributed by atoms with van der Waals surface area (Å²) >= 11 is 0. The number of carbonyl (C=O) groups excluding carboxylic acids is 3. The van der Waals surface area contributed by atoms with Crippen LogP contribution in [0.15, 0.2) is 60.7 Å². The Labute approximate surface area is 197 Å². The molecule has 34 heavy (non-hydrogen) atoms. The first-order chi connectivity index (χ1) is 16.5. The van der Waals surface area contributed by atoms with E-state index in [2.05, 4.69) is 5.32 Å². The number of methoxy groups -OCH3 is 3. The number of nitrogens with one attached hydrogen (secondary N) is 1. The molecule has 174 valence electrons. The lowest BCUT2D eigenvalue weighted by atomic mass is 10.1. The maximum atomic E-state index is 13.0. The van der Waals surface area contributed by atoms with Crippen LogP contribution in [0, 0.1) is 0 Å². The molecule has 0 aromatic heterocycles. The van der Waals surface area contributed by atoms with Crippen molar-refractivity contribution in [3.63, 3.8) is 0 Å². The zero-order valence-electron chi connectivity index (χ0n) is 19.1. The van der Waals surface area contributed by atoms with Gasteiger partial charge in [-0.15, -0.1) is 0 Å². The highest BCUT2D eigenvalue weighted by Crippen LogP contribution is 2.29. The molecular formula is C26H24N2O6. The number of benzene rings is 3. The van der Waals surface area contributed by atoms with E-state index >= 15 is 0 Å². The van der Waals surface area contributed by atoms with Crippen molar-refractivity contribution in [2.45, 2.75) is 6.42 Å². The Morgan fingerprint density at radius 3 is 2.24 bits per heavy atom. The fraction of sp³-hybridized carbons (Fsp3) is 0.192. The predicted molar refractivity (Wildman–Crippen MR) is 126 cm³/mol. The van der Waals surface area contributed by atoms with E-state index in [0.717, 1.165) is 5.56 Å². The van der Waals surface area contributed by atoms with Crippen molar-refractivity contribution in [2.24, 2.45) is 0 Å². The van der Waals surface area contributed by atoms with Crippen LogP contribution in [0.2, 0.25) is 0 Å². The Bertz CT molecular complexity index is 1270. The minimum Gasteiger partial charge on any atom is -0.495 e. The van der Waals surface area contributed by atoms with Crippen LogP contribution in [0.5, 0.6) is 17.2 Å². The highest BCUT2D eigenvalue weighted by Gasteiger charge is 2.35. The van der Waals surface area contributed by atoms with Crippen molar-refractivity contribution >= 4 is 23.4 Å². The molecule has 4 rings (SSSR count). The lowest BCUT2D eigenvalue weighted by Gasteiger charge is -2.14. The Morgan fingerprint density at radius 1 is 0.794 bits per heavy atom. The Morgan fingerprint density at radius 2 is 1.50 bits per heavy atom. The van der Waals surface area contributed by atoms with Crippen LogP contribution in [0.4, 0.5) is 5.69 Å². The molecule has 0 unspecified atom stereocenters. The Kier molecular flexibility index (Phi) is 6.49. The molecule has 0 fully saturated rings. The van der Waals surface area contributed by atoms with E-state index in [1.807, 2.05) is 12.1 Å².